The molecule has 0 fully saturated rings. The van der Waals surface area contributed by atoms with Crippen molar-refractivity contribution in [1.82, 2.24) is 9.78 Å². The second-order valence-corrected chi connectivity index (χ2v) is 6.87. The first-order valence-electron chi connectivity index (χ1n) is 7.84. The zero-order valence-corrected chi connectivity index (χ0v) is 14.7. The van der Waals surface area contributed by atoms with Gasteiger partial charge in [0.1, 0.15) is 5.82 Å². The van der Waals surface area contributed by atoms with Crippen LogP contribution in [0.3, 0.4) is 0 Å². The first kappa shape index (κ1) is 15.1. The number of para-hydroxylation sites is 1. The summed E-state index contributed by atoms with van der Waals surface area (Å²) >= 11 is 3.52. The van der Waals surface area contributed by atoms with Gasteiger partial charge in [0.15, 0.2) is 0 Å². The number of aromatic nitrogens is 2. The lowest BCUT2D eigenvalue weighted by Gasteiger charge is -2.24. The van der Waals surface area contributed by atoms with E-state index in [4.69, 9.17) is 0 Å². The van der Waals surface area contributed by atoms with E-state index >= 15 is 0 Å². The van der Waals surface area contributed by atoms with Gasteiger partial charge in [0, 0.05) is 22.4 Å². The van der Waals surface area contributed by atoms with Crippen LogP contribution in [0.25, 0.3) is 5.69 Å². The van der Waals surface area contributed by atoms with Crippen molar-refractivity contribution >= 4 is 27.7 Å². The highest BCUT2D eigenvalue weighted by Gasteiger charge is 2.32. The molecule has 3 aromatic rings. The molecule has 1 N–H and O–H groups in total. The third kappa shape index (κ3) is 2.55. The van der Waals surface area contributed by atoms with Crippen LogP contribution in [0, 0.1) is 6.92 Å². The van der Waals surface area contributed by atoms with Crippen LogP contribution in [0.5, 0.6) is 0 Å². The summed E-state index contributed by atoms with van der Waals surface area (Å²) in [5.74, 6) is 0.813. The lowest BCUT2D eigenvalue weighted by molar-refractivity contribution is -0.116. The van der Waals surface area contributed by atoms with Gasteiger partial charge < -0.3 is 5.32 Å². The SMILES string of the molecule is Cc1nn(-c2ccccc2)c2c1[C@@H](c1cccc(Br)c1)CC(=O)N2. The van der Waals surface area contributed by atoms with Crippen molar-refractivity contribution in [3.8, 4) is 5.69 Å². The Labute approximate surface area is 148 Å². The fraction of sp³-hybridized carbons (Fsp3) is 0.158. The minimum Gasteiger partial charge on any atom is -0.310 e. The molecule has 0 bridgehead atoms. The second kappa shape index (κ2) is 5.91. The Kier molecular flexibility index (Phi) is 3.73. The highest BCUT2D eigenvalue weighted by Crippen LogP contribution is 2.40. The van der Waals surface area contributed by atoms with Crippen LogP contribution in [0.2, 0.25) is 0 Å². The summed E-state index contributed by atoms with van der Waals surface area (Å²) in [6, 6.07) is 18.0. The van der Waals surface area contributed by atoms with Crippen LogP contribution in [-0.4, -0.2) is 15.7 Å². The highest BCUT2D eigenvalue weighted by molar-refractivity contribution is 9.10. The number of carbonyl (C=O) groups excluding carboxylic acids is 1. The standard InChI is InChI=1S/C19H16BrN3O/c1-12-18-16(13-6-5-7-14(20)10-13)11-17(24)21-19(18)23(22-12)15-8-3-2-4-9-15/h2-10,16H,11H2,1H3,(H,21,24)/t16-/m1/s1. The van der Waals surface area contributed by atoms with Crippen molar-refractivity contribution in [2.75, 3.05) is 5.32 Å². The van der Waals surface area contributed by atoms with Crippen LogP contribution in [-0.2, 0) is 4.79 Å². The molecule has 1 aromatic heterocycles. The third-order valence-corrected chi connectivity index (χ3v) is 4.85. The Morgan fingerprint density at radius 3 is 2.71 bits per heavy atom. The number of hydrogen-bond donors (Lipinski definition) is 1. The summed E-state index contributed by atoms with van der Waals surface area (Å²) < 4.78 is 2.84. The smallest absolute Gasteiger partial charge is 0.226 e. The molecule has 5 heteroatoms. The number of nitrogens with one attached hydrogen (secondary N) is 1. The topological polar surface area (TPSA) is 46.9 Å². The molecule has 1 aliphatic heterocycles. The minimum atomic E-state index is 0.0173. The van der Waals surface area contributed by atoms with E-state index in [1.165, 1.54) is 0 Å². The summed E-state index contributed by atoms with van der Waals surface area (Å²) in [6.07, 6.45) is 0.435. The third-order valence-electron chi connectivity index (χ3n) is 4.35. The molecule has 2 aromatic carbocycles. The Hall–Kier alpha value is -2.40. The average Bonchev–Trinajstić information content (AvgIpc) is 2.91. The second-order valence-electron chi connectivity index (χ2n) is 5.95. The Bertz CT molecular complexity index is 918. The average molecular weight is 382 g/mol. The number of benzene rings is 2. The van der Waals surface area contributed by atoms with E-state index in [-0.39, 0.29) is 11.8 Å². The number of halogens is 1. The molecule has 0 unspecified atom stereocenters. The molecule has 1 amide bonds. The molecule has 0 saturated carbocycles. The monoisotopic (exact) mass is 381 g/mol. The lowest BCUT2D eigenvalue weighted by Crippen LogP contribution is -2.24. The van der Waals surface area contributed by atoms with Crippen LogP contribution >= 0.6 is 15.9 Å². The fourth-order valence-corrected chi connectivity index (χ4v) is 3.73. The number of carbonyl (C=O) groups is 1. The molecule has 0 spiro atoms. The molecule has 120 valence electrons. The number of fused-ring (bicyclic) bond motifs is 1. The van der Waals surface area contributed by atoms with Crippen LogP contribution < -0.4 is 5.32 Å². The van der Waals surface area contributed by atoms with Crippen molar-refractivity contribution in [1.29, 1.82) is 0 Å². The zero-order valence-electron chi connectivity index (χ0n) is 13.2. The quantitative estimate of drug-likeness (QED) is 0.714. The largest absolute Gasteiger partial charge is 0.310 e. The molecule has 2 heterocycles. The van der Waals surface area contributed by atoms with Crippen molar-refractivity contribution < 1.29 is 4.79 Å². The van der Waals surface area contributed by atoms with Gasteiger partial charge in [0.2, 0.25) is 5.91 Å². The number of aryl methyl sites for hydroxylation is 1. The predicted octanol–water partition coefficient (Wildman–Crippen LogP) is 4.42. The summed E-state index contributed by atoms with van der Waals surface area (Å²) in [5.41, 5.74) is 4.10. The van der Waals surface area contributed by atoms with E-state index in [2.05, 4.69) is 38.5 Å². The van der Waals surface area contributed by atoms with Crippen molar-refractivity contribution in [3.05, 3.63) is 75.9 Å². The maximum atomic E-state index is 12.3. The molecule has 0 saturated heterocycles. The van der Waals surface area contributed by atoms with E-state index < -0.39 is 0 Å². The number of anilines is 1. The van der Waals surface area contributed by atoms with Gasteiger partial charge in [-0.3, -0.25) is 4.79 Å². The van der Waals surface area contributed by atoms with Crippen molar-refractivity contribution in [2.45, 2.75) is 19.3 Å². The molecule has 1 atom stereocenters. The van der Waals surface area contributed by atoms with E-state index in [0.29, 0.717) is 6.42 Å². The Morgan fingerprint density at radius 2 is 1.96 bits per heavy atom. The molecule has 4 rings (SSSR count). The molecule has 24 heavy (non-hydrogen) atoms. The van der Waals surface area contributed by atoms with Gasteiger partial charge in [-0.2, -0.15) is 5.10 Å². The Morgan fingerprint density at radius 1 is 1.17 bits per heavy atom. The fourth-order valence-electron chi connectivity index (χ4n) is 3.31. The first-order chi connectivity index (χ1) is 11.6. The summed E-state index contributed by atoms with van der Waals surface area (Å²) in [4.78, 5) is 12.3. The predicted molar refractivity (Wildman–Crippen MR) is 97.5 cm³/mol. The molecular formula is C19H16BrN3O. The molecule has 0 radical (unpaired) electrons. The lowest BCUT2D eigenvalue weighted by atomic mass is 9.86. The van der Waals surface area contributed by atoms with Crippen LogP contribution in [0.1, 0.15) is 29.2 Å². The van der Waals surface area contributed by atoms with Gasteiger partial charge in [-0.05, 0) is 36.8 Å². The van der Waals surface area contributed by atoms with Crippen LogP contribution in [0.4, 0.5) is 5.82 Å². The van der Waals surface area contributed by atoms with E-state index in [9.17, 15) is 4.79 Å². The van der Waals surface area contributed by atoms with Gasteiger partial charge in [0.25, 0.3) is 0 Å². The summed E-state index contributed by atoms with van der Waals surface area (Å²) in [5, 5.41) is 7.70. The van der Waals surface area contributed by atoms with Gasteiger partial charge >= 0.3 is 0 Å². The molecule has 1 aliphatic rings. The number of rotatable bonds is 2. The van der Waals surface area contributed by atoms with E-state index in [1.807, 2.05) is 54.1 Å². The highest BCUT2D eigenvalue weighted by atomic mass is 79.9. The summed E-state index contributed by atoms with van der Waals surface area (Å²) in [7, 11) is 0. The van der Waals surface area contributed by atoms with E-state index in [0.717, 1.165) is 32.8 Å². The Balaban J connectivity index is 1.89. The van der Waals surface area contributed by atoms with Crippen LogP contribution in [0.15, 0.2) is 59.1 Å². The van der Waals surface area contributed by atoms with Gasteiger partial charge in [-0.15, -0.1) is 0 Å². The van der Waals surface area contributed by atoms with E-state index in [1.54, 1.807) is 0 Å². The first-order valence-corrected chi connectivity index (χ1v) is 8.63. The minimum absolute atomic E-state index is 0.0173. The number of hydrogen-bond acceptors (Lipinski definition) is 2. The number of nitrogens with zero attached hydrogens (tertiary/aromatic N) is 2. The van der Waals surface area contributed by atoms with Gasteiger partial charge in [0.05, 0.1) is 11.4 Å². The molecular weight excluding hydrogens is 366 g/mol. The van der Waals surface area contributed by atoms with Crippen molar-refractivity contribution in [2.24, 2.45) is 0 Å². The number of amides is 1. The van der Waals surface area contributed by atoms with Gasteiger partial charge in [-0.25, -0.2) is 4.68 Å². The van der Waals surface area contributed by atoms with Crippen molar-refractivity contribution in [3.63, 3.8) is 0 Å². The maximum absolute atomic E-state index is 12.3. The normalized spacial score (nSPS) is 16.6. The molecule has 4 nitrogen and oxygen atoms in total. The molecule has 0 aliphatic carbocycles. The zero-order chi connectivity index (χ0) is 16.7. The van der Waals surface area contributed by atoms with Gasteiger partial charge in [-0.1, -0.05) is 46.3 Å². The summed E-state index contributed by atoms with van der Waals surface area (Å²) in [6.45, 7) is 2.00. The maximum Gasteiger partial charge on any atom is 0.226 e.